The maximum atomic E-state index is 12.5. The van der Waals surface area contributed by atoms with E-state index in [2.05, 4.69) is 23.6 Å². The number of likely N-dealkylation sites (N-methyl/N-ethyl adjacent to an activating group) is 1. The zero-order valence-corrected chi connectivity index (χ0v) is 14.0. The lowest BCUT2D eigenvalue weighted by Crippen LogP contribution is -2.10. The predicted octanol–water partition coefficient (Wildman–Crippen LogP) is 4.47. The smallest absolute Gasteiger partial charge is 0.193 e. The van der Waals surface area contributed by atoms with Crippen molar-refractivity contribution in [3.05, 3.63) is 83.4 Å². The Morgan fingerprint density at radius 3 is 2.13 bits per heavy atom. The van der Waals surface area contributed by atoms with Gasteiger partial charge in [-0.2, -0.15) is 0 Å². The molecule has 23 heavy (non-hydrogen) atoms. The van der Waals surface area contributed by atoms with Gasteiger partial charge in [-0.05, 0) is 32.1 Å². The number of Topliss-reactive ketones (excluding diaryl/α,β-unsaturated/α-hetero) is 1. The molecule has 0 aliphatic carbocycles. The number of benzene rings is 2. The molecule has 0 spiro atoms. The van der Waals surface area contributed by atoms with Crippen LogP contribution in [0.1, 0.15) is 27.0 Å². The molecule has 0 aliphatic rings. The molecular formula is C21H23NO. The summed E-state index contributed by atoms with van der Waals surface area (Å²) < 4.78 is 0. The van der Waals surface area contributed by atoms with Crippen LogP contribution in [0.2, 0.25) is 0 Å². The van der Waals surface area contributed by atoms with E-state index in [0.717, 1.165) is 17.7 Å². The van der Waals surface area contributed by atoms with Crippen LogP contribution in [0.5, 0.6) is 0 Å². The molecule has 0 amide bonds. The first-order valence-electron chi connectivity index (χ1n) is 7.69. The number of aryl methyl sites for hydroxylation is 1. The third kappa shape index (κ3) is 4.76. The second-order valence-corrected chi connectivity index (χ2v) is 5.96. The molecule has 0 fully saturated rings. The summed E-state index contributed by atoms with van der Waals surface area (Å²) >= 11 is 0. The van der Waals surface area contributed by atoms with Crippen LogP contribution in [0.25, 0.3) is 11.6 Å². The Balaban J connectivity index is 2.09. The summed E-state index contributed by atoms with van der Waals surface area (Å²) in [6, 6.07) is 15.5. The first kappa shape index (κ1) is 16.9. The van der Waals surface area contributed by atoms with Crippen molar-refractivity contribution in [3.63, 3.8) is 0 Å². The van der Waals surface area contributed by atoms with Crippen LogP contribution in [-0.2, 0) is 0 Å². The van der Waals surface area contributed by atoms with E-state index < -0.39 is 0 Å². The van der Waals surface area contributed by atoms with Crippen LogP contribution in [0.15, 0.2) is 61.2 Å². The maximum absolute atomic E-state index is 12.5. The maximum Gasteiger partial charge on any atom is 0.193 e. The van der Waals surface area contributed by atoms with Crippen LogP contribution >= 0.6 is 0 Å². The van der Waals surface area contributed by atoms with Gasteiger partial charge in [0.2, 0.25) is 0 Å². The fraction of sp³-hybridized carbons (Fsp3) is 0.190. The molecule has 0 aliphatic heterocycles. The fourth-order valence-corrected chi connectivity index (χ4v) is 2.21. The highest BCUT2D eigenvalue weighted by Crippen LogP contribution is 2.19. The number of carbonyl (C=O) groups is 1. The summed E-state index contributed by atoms with van der Waals surface area (Å²) in [5.74, 6) is -0.0299. The highest BCUT2D eigenvalue weighted by Gasteiger charge is 2.11. The molecule has 0 bridgehead atoms. The van der Waals surface area contributed by atoms with Gasteiger partial charge in [0.25, 0.3) is 0 Å². The summed E-state index contributed by atoms with van der Waals surface area (Å²) in [5, 5.41) is 0. The van der Waals surface area contributed by atoms with Gasteiger partial charge in [0, 0.05) is 17.7 Å². The predicted molar refractivity (Wildman–Crippen MR) is 98.6 cm³/mol. The molecule has 0 saturated carbocycles. The van der Waals surface area contributed by atoms with Gasteiger partial charge in [0.15, 0.2) is 5.78 Å². The molecule has 0 N–H and O–H groups in total. The first-order valence-corrected chi connectivity index (χ1v) is 7.69. The summed E-state index contributed by atoms with van der Waals surface area (Å²) in [6.07, 6.45) is 4.16. The highest BCUT2D eigenvalue weighted by atomic mass is 16.1. The van der Waals surface area contributed by atoms with Crippen molar-refractivity contribution in [1.82, 2.24) is 4.90 Å². The second kappa shape index (κ2) is 7.70. The molecule has 2 nitrogen and oxygen atoms in total. The summed E-state index contributed by atoms with van der Waals surface area (Å²) in [6.45, 7) is 6.87. The minimum Gasteiger partial charge on any atom is -0.306 e. The Bertz CT molecular complexity index is 707. The molecule has 0 heterocycles. The van der Waals surface area contributed by atoms with E-state index in [9.17, 15) is 4.79 Å². The van der Waals surface area contributed by atoms with Crippen LogP contribution in [-0.4, -0.2) is 31.3 Å². The van der Waals surface area contributed by atoms with Crippen molar-refractivity contribution in [1.29, 1.82) is 0 Å². The van der Waals surface area contributed by atoms with Gasteiger partial charge in [0.1, 0.15) is 0 Å². The van der Waals surface area contributed by atoms with Crippen molar-refractivity contribution in [2.45, 2.75) is 6.92 Å². The third-order valence-corrected chi connectivity index (χ3v) is 3.63. The molecular weight excluding hydrogens is 282 g/mol. The van der Waals surface area contributed by atoms with Gasteiger partial charge in [-0.3, -0.25) is 4.79 Å². The molecule has 2 aromatic carbocycles. The minimum atomic E-state index is -0.0299. The molecule has 0 radical (unpaired) electrons. The quantitative estimate of drug-likeness (QED) is 0.580. The van der Waals surface area contributed by atoms with Crippen molar-refractivity contribution in [2.75, 3.05) is 20.6 Å². The van der Waals surface area contributed by atoms with Crippen LogP contribution < -0.4 is 0 Å². The number of rotatable bonds is 6. The molecule has 118 valence electrons. The topological polar surface area (TPSA) is 20.3 Å². The van der Waals surface area contributed by atoms with Gasteiger partial charge < -0.3 is 4.90 Å². The normalized spacial score (nSPS) is 11.1. The third-order valence-electron chi connectivity index (χ3n) is 3.63. The second-order valence-electron chi connectivity index (χ2n) is 5.96. The van der Waals surface area contributed by atoms with E-state index in [0.29, 0.717) is 11.1 Å². The molecule has 0 aromatic heterocycles. The standard InChI is InChI=1S/C21H23NO/c1-16-7-11-19(12-8-16)17(2)21(23)20-13-9-18(10-14-20)6-5-15-22(3)4/h5-14H,2,15H2,1,3-4H3. The van der Waals surface area contributed by atoms with E-state index >= 15 is 0 Å². The lowest BCUT2D eigenvalue weighted by Gasteiger charge is -2.07. The number of carbonyl (C=O) groups excluding carboxylic acids is 1. The molecule has 2 rings (SSSR count). The van der Waals surface area contributed by atoms with Gasteiger partial charge in [-0.1, -0.05) is 72.8 Å². The zero-order valence-electron chi connectivity index (χ0n) is 14.0. The summed E-state index contributed by atoms with van der Waals surface area (Å²) in [5.41, 5.74) is 4.32. The minimum absolute atomic E-state index is 0.0299. The van der Waals surface area contributed by atoms with Crippen LogP contribution in [0.3, 0.4) is 0 Å². The van der Waals surface area contributed by atoms with Crippen molar-refractivity contribution < 1.29 is 4.79 Å². The van der Waals surface area contributed by atoms with Gasteiger partial charge >= 0.3 is 0 Å². The Morgan fingerprint density at radius 2 is 1.57 bits per heavy atom. The number of hydrogen-bond donors (Lipinski definition) is 0. The largest absolute Gasteiger partial charge is 0.306 e. The average Bonchev–Trinajstić information content (AvgIpc) is 2.54. The lowest BCUT2D eigenvalue weighted by atomic mass is 9.97. The number of allylic oxidation sites excluding steroid dienone is 1. The van der Waals surface area contributed by atoms with E-state index in [4.69, 9.17) is 0 Å². The summed E-state index contributed by atoms with van der Waals surface area (Å²) in [4.78, 5) is 14.6. The number of hydrogen-bond acceptors (Lipinski definition) is 2. The van der Waals surface area contributed by atoms with E-state index in [1.165, 1.54) is 5.56 Å². The Hall–Kier alpha value is -2.45. The molecule has 2 aromatic rings. The van der Waals surface area contributed by atoms with E-state index in [-0.39, 0.29) is 5.78 Å². The van der Waals surface area contributed by atoms with E-state index in [1.54, 1.807) is 0 Å². The van der Waals surface area contributed by atoms with Gasteiger partial charge in [-0.15, -0.1) is 0 Å². The SMILES string of the molecule is C=C(C(=O)c1ccc(C=CCN(C)C)cc1)c1ccc(C)cc1. The van der Waals surface area contributed by atoms with Crippen LogP contribution in [0, 0.1) is 6.92 Å². The zero-order chi connectivity index (χ0) is 16.8. The van der Waals surface area contributed by atoms with Gasteiger partial charge in [0.05, 0.1) is 0 Å². The lowest BCUT2D eigenvalue weighted by molar-refractivity contribution is 0.105. The summed E-state index contributed by atoms with van der Waals surface area (Å²) in [7, 11) is 4.06. The van der Waals surface area contributed by atoms with Crippen molar-refractivity contribution in [2.24, 2.45) is 0 Å². The average molecular weight is 305 g/mol. The highest BCUT2D eigenvalue weighted by molar-refractivity contribution is 6.28. The molecule has 0 unspecified atom stereocenters. The molecule has 2 heteroatoms. The van der Waals surface area contributed by atoms with Crippen molar-refractivity contribution >= 4 is 17.4 Å². The van der Waals surface area contributed by atoms with Crippen LogP contribution in [0.4, 0.5) is 0 Å². The monoisotopic (exact) mass is 305 g/mol. The first-order chi connectivity index (χ1) is 11.0. The fourth-order valence-electron chi connectivity index (χ4n) is 2.21. The van der Waals surface area contributed by atoms with Gasteiger partial charge in [-0.25, -0.2) is 0 Å². The molecule has 0 atom stereocenters. The van der Waals surface area contributed by atoms with Crippen molar-refractivity contribution in [3.8, 4) is 0 Å². The Kier molecular flexibility index (Phi) is 5.67. The Morgan fingerprint density at radius 1 is 1.00 bits per heavy atom. The number of ketones is 1. The van der Waals surface area contributed by atoms with E-state index in [1.807, 2.05) is 69.6 Å². The number of nitrogens with zero attached hydrogens (tertiary/aromatic N) is 1. The molecule has 0 saturated heterocycles. The Labute approximate surface area is 138 Å².